The summed E-state index contributed by atoms with van der Waals surface area (Å²) in [5.74, 6) is 1.69. The van der Waals surface area contributed by atoms with Gasteiger partial charge in [-0.05, 0) is 44.2 Å². The van der Waals surface area contributed by atoms with E-state index in [1.165, 1.54) is 24.0 Å². The quantitative estimate of drug-likeness (QED) is 0.903. The fourth-order valence-corrected chi connectivity index (χ4v) is 2.99. The van der Waals surface area contributed by atoms with Gasteiger partial charge in [-0.2, -0.15) is 0 Å². The first-order valence-electron chi connectivity index (χ1n) is 7.06. The minimum atomic E-state index is 0.555. The van der Waals surface area contributed by atoms with Crippen LogP contribution in [0.15, 0.2) is 6.07 Å². The van der Waals surface area contributed by atoms with E-state index in [1.807, 2.05) is 6.92 Å². The molecule has 1 aromatic rings. The highest BCUT2D eigenvalue weighted by Gasteiger charge is 2.23. The second-order valence-electron chi connectivity index (χ2n) is 5.50. The molecule has 0 radical (unpaired) electrons. The van der Waals surface area contributed by atoms with Crippen molar-refractivity contribution in [2.75, 3.05) is 31.7 Å². The Bertz CT molecular complexity index is 432. The summed E-state index contributed by atoms with van der Waals surface area (Å²) in [6, 6.07) is 2.11. The molecular formula is C15H25N3O. The lowest BCUT2D eigenvalue weighted by molar-refractivity contribution is 0.143. The molecule has 0 amide bonds. The van der Waals surface area contributed by atoms with Crippen molar-refractivity contribution in [1.82, 2.24) is 4.98 Å². The predicted molar refractivity (Wildman–Crippen MR) is 78.4 cm³/mol. The number of hydrogen-bond donors (Lipinski definition) is 1. The Hall–Kier alpha value is -1.13. The minimum Gasteiger partial charge on any atom is -0.384 e. The normalized spacial score (nSPS) is 19.8. The molecule has 106 valence electrons. The molecule has 0 aliphatic carbocycles. The van der Waals surface area contributed by atoms with Crippen LogP contribution in [0, 0.1) is 19.8 Å². The molecule has 4 nitrogen and oxygen atoms in total. The number of anilines is 1. The number of piperidine rings is 1. The smallest absolute Gasteiger partial charge is 0.133 e. The topological polar surface area (TPSA) is 51.4 Å². The van der Waals surface area contributed by atoms with Gasteiger partial charge in [-0.1, -0.05) is 0 Å². The molecule has 1 aromatic heterocycles. The van der Waals surface area contributed by atoms with Crippen molar-refractivity contribution in [3.05, 3.63) is 22.9 Å². The number of nitrogens with two attached hydrogens (primary N) is 1. The highest BCUT2D eigenvalue weighted by molar-refractivity contribution is 5.52. The number of aryl methyl sites for hydroxylation is 2. The number of ether oxygens (including phenoxy) is 1. The summed E-state index contributed by atoms with van der Waals surface area (Å²) >= 11 is 0. The molecular weight excluding hydrogens is 238 g/mol. The molecule has 0 bridgehead atoms. The Morgan fingerprint density at radius 2 is 2.26 bits per heavy atom. The maximum atomic E-state index is 5.91. The first-order chi connectivity index (χ1) is 9.15. The Morgan fingerprint density at radius 1 is 1.47 bits per heavy atom. The summed E-state index contributed by atoms with van der Waals surface area (Å²) in [6.45, 7) is 7.66. The van der Waals surface area contributed by atoms with Gasteiger partial charge in [-0.3, -0.25) is 0 Å². The van der Waals surface area contributed by atoms with Gasteiger partial charge in [0.15, 0.2) is 0 Å². The summed E-state index contributed by atoms with van der Waals surface area (Å²) in [6.07, 6.45) is 2.44. The summed E-state index contributed by atoms with van der Waals surface area (Å²) in [5, 5.41) is 0. The van der Waals surface area contributed by atoms with E-state index in [9.17, 15) is 0 Å². The average Bonchev–Trinajstić information content (AvgIpc) is 2.38. The Balaban J connectivity index is 2.25. The third-order valence-corrected chi connectivity index (χ3v) is 3.88. The fourth-order valence-electron chi connectivity index (χ4n) is 2.99. The standard InChI is InChI=1S/C15H25N3O/c1-11-7-12(2)17-15(14(11)8-16)18-6-4-5-13(9-18)10-19-3/h7,13H,4-6,8-10,16H2,1-3H3. The second-order valence-corrected chi connectivity index (χ2v) is 5.50. The van der Waals surface area contributed by atoms with Crippen molar-refractivity contribution in [2.24, 2.45) is 11.7 Å². The van der Waals surface area contributed by atoms with E-state index in [-0.39, 0.29) is 0 Å². The van der Waals surface area contributed by atoms with Crippen LogP contribution in [0.4, 0.5) is 5.82 Å². The van der Waals surface area contributed by atoms with Crippen LogP contribution in [0.25, 0.3) is 0 Å². The van der Waals surface area contributed by atoms with Gasteiger partial charge in [0.05, 0.1) is 6.61 Å². The molecule has 1 atom stereocenters. The average molecular weight is 263 g/mol. The molecule has 2 N–H and O–H groups in total. The molecule has 1 aliphatic rings. The molecule has 1 fully saturated rings. The number of aromatic nitrogens is 1. The van der Waals surface area contributed by atoms with Gasteiger partial charge >= 0.3 is 0 Å². The first kappa shape index (κ1) is 14.3. The molecule has 1 saturated heterocycles. The predicted octanol–water partition coefficient (Wildman–Crippen LogP) is 2.02. The third-order valence-electron chi connectivity index (χ3n) is 3.88. The van der Waals surface area contributed by atoms with E-state index in [4.69, 9.17) is 15.5 Å². The summed E-state index contributed by atoms with van der Waals surface area (Å²) < 4.78 is 5.30. The van der Waals surface area contributed by atoms with Crippen LogP contribution in [0.5, 0.6) is 0 Å². The first-order valence-corrected chi connectivity index (χ1v) is 7.06. The lowest BCUT2D eigenvalue weighted by Crippen LogP contribution is -2.38. The zero-order chi connectivity index (χ0) is 13.8. The van der Waals surface area contributed by atoms with E-state index < -0.39 is 0 Å². The number of hydrogen-bond acceptors (Lipinski definition) is 4. The van der Waals surface area contributed by atoms with Gasteiger partial charge in [0.2, 0.25) is 0 Å². The SMILES string of the molecule is COCC1CCCN(c2nc(C)cc(C)c2CN)C1. The van der Waals surface area contributed by atoms with Gasteiger partial charge in [-0.15, -0.1) is 0 Å². The van der Waals surface area contributed by atoms with E-state index in [2.05, 4.69) is 17.9 Å². The summed E-state index contributed by atoms with van der Waals surface area (Å²) in [7, 11) is 1.78. The zero-order valence-electron chi connectivity index (χ0n) is 12.3. The van der Waals surface area contributed by atoms with Gasteiger partial charge in [0.25, 0.3) is 0 Å². The largest absolute Gasteiger partial charge is 0.384 e. The molecule has 0 saturated carbocycles. The third kappa shape index (κ3) is 3.25. The lowest BCUT2D eigenvalue weighted by atomic mass is 9.98. The van der Waals surface area contributed by atoms with Crippen molar-refractivity contribution >= 4 is 5.82 Å². The van der Waals surface area contributed by atoms with Crippen molar-refractivity contribution in [3.63, 3.8) is 0 Å². The van der Waals surface area contributed by atoms with Gasteiger partial charge in [0, 0.05) is 38.0 Å². The monoisotopic (exact) mass is 263 g/mol. The van der Waals surface area contributed by atoms with Crippen molar-refractivity contribution in [2.45, 2.75) is 33.2 Å². The van der Waals surface area contributed by atoms with Gasteiger partial charge in [-0.25, -0.2) is 4.98 Å². The summed E-state index contributed by atoms with van der Waals surface area (Å²) in [4.78, 5) is 7.11. The number of nitrogens with zero attached hydrogens (tertiary/aromatic N) is 2. The van der Waals surface area contributed by atoms with Gasteiger partial charge < -0.3 is 15.4 Å². The molecule has 2 heterocycles. The number of pyridine rings is 1. The Morgan fingerprint density at radius 3 is 2.95 bits per heavy atom. The molecule has 4 heteroatoms. The fraction of sp³-hybridized carbons (Fsp3) is 0.667. The minimum absolute atomic E-state index is 0.555. The highest BCUT2D eigenvalue weighted by atomic mass is 16.5. The molecule has 2 rings (SSSR count). The van der Waals surface area contributed by atoms with Crippen LogP contribution in [0.1, 0.15) is 29.7 Å². The van der Waals surface area contributed by atoms with Crippen LogP contribution >= 0.6 is 0 Å². The Kier molecular flexibility index (Phi) is 4.77. The van der Waals surface area contributed by atoms with Crippen LogP contribution < -0.4 is 10.6 Å². The molecule has 1 aliphatic heterocycles. The van der Waals surface area contributed by atoms with E-state index in [0.29, 0.717) is 12.5 Å². The summed E-state index contributed by atoms with van der Waals surface area (Å²) in [5.41, 5.74) is 9.41. The number of rotatable bonds is 4. The van der Waals surface area contributed by atoms with Crippen molar-refractivity contribution < 1.29 is 4.74 Å². The van der Waals surface area contributed by atoms with Crippen LogP contribution in [0.2, 0.25) is 0 Å². The molecule has 1 unspecified atom stereocenters. The zero-order valence-corrected chi connectivity index (χ0v) is 12.3. The van der Waals surface area contributed by atoms with Gasteiger partial charge in [0.1, 0.15) is 5.82 Å². The molecule has 0 spiro atoms. The van der Waals surface area contributed by atoms with Crippen LogP contribution in [0.3, 0.4) is 0 Å². The van der Waals surface area contributed by atoms with E-state index in [0.717, 1.165) is 31.2 Å². The lowest BCUT2D eigenvalue weighted by Gasteiger charge is -2.34. The van der Waals surface area contributed by atoms with Crippen molar-refractivity contribution in [1.29, 1.82) is 0 Å². The molecule has 19 heavy (non-hydrogen) atoms. The highest BCUT2D eigenvalue weighted by Crippen LogP contribution is 2.27. The van der Waals surface area contributed by atoms with E-state index in [1.54, 1.807) is 7.11 Å². The maximum absolute atomic E-state index is 5.91. The van der Waals surface area contributed by atoms with Crippen LogP contribution in [-0.4, -0.2) is 31.8 Å². The van der Waals surface area contributed by atoms with Crippen LogP contribution in [-0.2, 0) is 11.3 Å². The second kappa shape index (κ2) is 6.35. The van der Waals surface area contributed by atoms with Crippen molar-refractivity contribution in [3.8, 4) is 0 Å². The van der Waals surface area contributed by atoms with E-state index >= 15 is 0 Å². The Labute approximate surface area is 116 Å². The maximum Gasteiger partial charge on any atom is 0.133 e. The number of methoxy groups -OCH3 is 1. The molecule has 0 aromatic carbocycles.